The lowest BCUT2D eigenvalue weighted by atomic mass is 10.2. The molecule has 5 heteroatoms. The number of hydrogen-bond donors (Lipinski definition) is 1. The van der Waals surface area contributed by atoms with Crippen LogP contribution in [0.5, 0.6) is 0 Å². The molecule has 1 atom stereocenters. The van der Waals surface area contributed by atoms with Crippen LogP contribution in [0.4, 0.5) is 0 Å². The van der Waals surface area contributed by atoms with Gasteiger partial charge in [-0.2, -0.15) is 0 Å². The van der Waals surface area contributed by atoms with E-state index in [0.29, 0.717) is 18.1 Å². The van der Waals surface area contributed by atoms with Crippen LogP contribution in [0.15, 0.2) is 24.3 Å². The van der Waals surface area contributed by atoms with E-state index in [2.05, 4.69) is 4.90 Å². The summed E-state index contributed by atoms with van der Waals surface area (Å²) in [6.07, 6.45) is 2.03. The molecule has 1 heterocycles. The summed E-state index contributed by atoms with van der Waals surface area (Å²) in [6.45, 7) is 1.95. The second kappa shape index (κ2) is 7.07. The summed E-state index contributed by atoms with van der Waals surface area (Å²) in [5.41, 5.74) is 1.02. The van der Waals surface area contributed by atoms with Gasteiger partial charge in [0.1, 0.15) is 0 Å². The van der Waals surface area contributed by atoms with E-state index < -0.39 is 0 Å². The minimum atomic E-state index is 0.0744. The number of aliphatic hydroxyl groups excluding tert-OH is 1. The molecule has 110 valence electrons. The van der Waals surface area contributed by atoms with Crippen LogP contribution in [-0.4, -0.2) is 53.6 Å². The highest BCUT2D eigenvalue weighted by Gasteiger charge is 2.26. The molecule has 1 aliphatic heterocycles. The van der Waals surface area contributed by atoms with Crippen molar-refractivity contribution in [2.24, 2.45) is 0 Å². The molecule has 0 bridgehead atoms. The summed E-state index contributed by atoms with van der Waals surface area (Å²) < 4.78 is 0. The summed E-state index contributed by atoms with van der Waals surface area (Å²) >= 11 is 5.94. The first-order valence-electron chi connectivity index (χ1n) is 6.93. The van der Waals surface area contributed by atoms with Gasteiger partial charge in [-0.1, -0.05) is 23.7 Å². The molecule has 0 saturated carbocycles. The number of nitrogens with zero attached hydrogens (tertiary/aromatic N) is 2. The number of likely N-dealkylation sites (N-methyl/N-ethyl adjacent to an activating group) is 1. The standard InChI is InChI=1S/C15H21ClN2O2/c1-17(9-12-4-2-5-13(16)8-12)15(20)10-18-7-3-6-14(18)11-19/h2,4-5,8,14,19H,3,6-7,9-11H2,1H3. The number of likely N-dealkylation sites (tertiary alicyclic amines) is 1. The summed E-state index contributed by atoms with van der Waals surface area (Å²) in [4.78, 5) is 16.0. The van der Waals surface area contributed by atoms with Gasteiger partial charge in [0, 0.05) is 24.7 Å². The van der Waals surface area contributed by atoms with Crippen molar-refractivity contribution in [3.63, 3.8) is 0 Å². The predicted molar refractivity (Wildman–Crippen MR) is 79.6 cm³/mol. The van der Waals surface area contributed by atoms with Crippen LogP contribution in [0, 0.1) is 0 Å². The fourth-order valence-corrected chi connectivity index (χ4v) is 2.81. The first kappa shape index (κ1) is 15.3. The molecular formula is C15H21ClN2O2. The maximum Gasteiger partial charge on any atom is 0.236 e. The molecule has 1 aromatic carbocycles. The lowest BCUT2D eigenvalue weighted by Crippen LogP contribution is -2.41. The molecular weight excluding hydrogens is 276 g/mol. The van der Waals surface area contributed by atoms with E-state index in [1.165, 1.54) is 0 Å². The Labute approximate surface area is 124 Å². The zero-order valence-corrected chi connectivity index (χ0v) is 12.5. The highest BCUT2D eigenvalue weighted by atomic mass is 35.5. The van der Waals surface area contributed by atoms with Crippen molar-refractivity contribution >= 4 is 17.5 Å². The lowest BCUT2D eigenvalue weighted by Gasteiger charge is -2.25. The fourth-order valence-electron chi connectivity index (χ4n) is 2.60. The third kappa shape index (κ3) is 3.95. The van der Waals surface area contributed by atoms with Gasteiger partial charge in [-0.15, -0.1) is 0 Å². The highest BCUT2D eigenvalue weighted by molar-refractivity contribution is 6.30. The second-order valence-corrected chi connectivity index (χ2v) is 5.77. The smallest absolute Gasteiger partial charge is 0.236 e. The van der Waals surface area contributed by atoms with Gasteiger partial charge in [0.05, 0.1) is 13.2 Å². The number of hydrogen-bond acceptors (Lipinski definition) is 3. The summed E-state index contributed by atoms with van der Waals surface area (Å²) in [7, 11) is 1.80. The topological polar surface area (TPSA) is 43.8 Å². The molecule has 1 unspecified atom stereocenters. The molecule has 0 aliphatic carbocycles. The first-order chi connectivity index (χ1) is 9.60. The number of aliphatic hydroxyl groups is 1. The second-order valence-electron chi connectivity index (χ2n) is 5.33. The van der Waals surface area contributed by atoms with Crippen LogP contribution in [0.1, 0.15) is 18.4 Å². The van der Waals surface area contributed by atoms with Crippen molar-refractivity contribution in [1.82, 2.24) is 9.80 Å². The largest absolute Gasteiger partial charge is 0.395 e. The summed E-state index contributed by atoms with van der Waals surface area (Å²) in [5, 5.41) is 9.96. The lowest BCUT2D eigenvalue weighted by molar-refractivity contribution is -0.132. The van der Waals surface area contributed by atoms with Gasteiger partial charge in [0.15, 0.2) is 0 Å². The van der Waals surface area contributed by atoms with Crippen LogP contribution < -0.4 is 0 Å². The Morgan fingerprint density at radius 1 is 1.55 bits per heavy atom. The molecule has 0 spiro atoms. The Balaban J connectivity index is 1.89. The number of carbonyl (C=O) groups is 1. The third-order valence-electron chi connectivity index (χ3n) is 3.78. The Morgan fingerprint density at radius 3 is 3.05 bits per heavy atom. The molecule has 0 aromatic heterocycles. The number of halogens is 1. The molecule has 2 rings (SSSR count). The van der Waals surface area contributed by atoms with Crippen LogP contribution >= 0.6 is 11.6 Å². The van der Waals surface area contributed by atoms with E-state index in [-0.39, 0.29) is 18.6 Å². The average molecular weight is 297 g/mol. The maximum absolute atomic E-state index is 12.2. The van der Waals surface area contributed by atoms with Gasteiger partial charge >= 0.3 is 0 Å². The number of carbonyl (C=O) groups excluding carboxylic acids is 1. The quantitative estimate of drug-likeness (QED) is 0.900. The molecule has 4 nitrogen and oxygen atoms in total. The van der Waals surface area contributed by atoms with E-state index in [4.69, 9.17) is 11.6 Å². The monoisotopic (exact) mass is 296 g/mol. The Morgan fingerprint density at radius 2 is 2.35 bits per heavy atom. The van der Waals surface area contributed by atoms with Crippen LogP contribution in [-0.2, 0) is 11.3 Å². The van der Waals surface area contributed by atoms with Crippen molar-refractivity contribution in [3.8, 4) is 0 Å². The molecule has 1 amide bonds. The highest BCUT2D eigenvalue weighted by Crippen LogP contribution is 2.17. The SMILES string of the molecule is CN(Cc1cccc(Cl)c1)C(=O)CN1CCCC1CO. The Kier molecular flexibility index (Phi) is 5.40. The summed E-state index contributed by atoms with van der Waals surface area (Å²) in [6, 6.07) is 7.68. The zero-order valence-electron chi connectivity index (χ0n) is 11.8. The molecule has 1 aromatic rings. The van der Waals surface area contributed by atoms with E-state index in [0.717, 1.165) is 24.9 Å². The molecule has 1 N–H and O–H groups in total. The Bertz CT molecular complexity index is 467. The number of rotatable bonds is 5. The van der Waals surface area contributed by atoms with Gasteiger partial charge in [-0.05, 0) is 37.1 Å². The number of benzene rings is 1. The average Bonchev–Trinajstić information content (AvgIpc) is 2.85. The zero-order chi connectivity index (χ0) is 14.5. The van der Waals surface area contributed by atoms with Crippen LogP contribution in [0.25, 0.3) is 0 Å². The van der Waals surface area contributed by atoms with Crippen molar-refractivity contribution < 1.29 is 9.90 Å². The summed E-state index contributed by atoms with van der Waals surface area (Å²) in [5.74, 6) is 0.0744. The third-order valence-corrected chi connectivity index (χ3v) is 4.02. The fraction of sp³-hybridized carbons (Fsp3) is 0.533. The first-order valence-corrected chi connectivity index (χ1v) is 7.31. The van der Waals surface area contributed by atoms with Gasteiger partial charge < -0.3 is 10.0 Å². The molecule has 1 fully saturated rings. The van der Waals surface area contributed by atoms with Gasteiger partial charge in [-0.3, -0.25) is 9.69 Å². The maximum atomic E-state index is 12.2. The van der Waals surface area contributed by atoms with Crippen LogP contribution in [0.3, 0.4) is 0 Å². The molecule has 20 heavy (non-hydrogen) atoms. The number of amides is 1. The van der Waals surface area contributed by atoms with Gasteiger partial charge in [-0.25, -0.2) is 0 Å². The van der Waals surface area contributed by atoms with E-state index in [1.807, 2.05) is 24.3 Å². The molecule has 1 aliphatic rings. The molecule has 1 saturated heterocycles. The minimum Gasteiger partial charge on any atom is -0.395 e. The van der Waals surface area contributed by atoms with Gasteiger partial charge in [0.25, 0.3) is 0 Å². The minimum absolute atomic E-state index is 0.0744. The van der Waals surface area contributed by atoms with Crippen molar-refractivity contribution in [2.75, 3.05) is 26.7 Å². The van der Waals surface area contributed by atoms with Crippen molar-refractivity contribution in [1.29, 1.82) is 0 Å². The van der Waals surface area contributed by atoms with Crippen LogP contribution in [0.2, 0.25) is 5.02 Å². The van der Waals surface area contributed by atoms with Crippen molar-refractivity contribution in [2.45, 2.75) is 25.4 Å². The van der Waals surface area contributed by atoms with E-state index in [1.54, 1.807) is 11.9 Å². The normalized spacial score (nSPS) is 19.2. The molecule has 0 radical (unpaired) electrons. The van der Waals surface area contributed by atoms with Crippen molar-refractivity contribution in [3.05, 3.63) is 34.9 Å². The Hall–Kier alpha value is -1.10. The predicted octanol–water partition coefficient (Wildman–Crippen LogP) is 1.76. The van der Waals surface area contributed by atoms with E-state index >= 15 is 0 Å². The van der Waals surface area contributed by atoms with E-state index in [9.17, 15) is 9.90 Å². The van der Waals surface area contributed by atoms with Gasteiger partial charge in [0.2, 0.25) is 5.91 Å².